The maximum absolute atomic E-state index is 6.04. The fourth-order valence-corrected chi connectivity index (χ4v) is 1.56. The van der Waals surface area contributed by atoms with Crippen LogP contribution >= 0.6 is 0 Å². The van der Waals surface area contributed by atoms with Gasteiger partial charge in [-0.05, 0) is 18.6 Å². The molecule has 1 aromatic heterocycles. The molecule has 1 aromatic rings. The third kappa shape index (κ3) is 1.49. The van der Waals surface area contributed by atoms with Gasteiger partial charge in [0.25, 0.3) is 0 Å². The molecule has 70 valence electrons. The highest BCUT2D eigenvalue weighted by Gasteiger charge is 2.38. The molecule has 0 radical (unpaired) electrons. The van der Waals surface area contributed by atoms with Crippen molar-refractivity contribution in [2.24, 2.45) is 5.73 Å². The maximum atomic E-state index is 6.04. The molecule has 13 heavy (non-hydrogen) atoms. The highest BCUT2D eigenvalue weighted by atomic mass is 15.3. The van der Waals surface area contributed by atoms with Crippen LogP contribution in [0.3, 0.4) is 0 Å². The van der Waals surface area contributed by atoms with E-state index in [1.165, 1.54) is 0 Å². The van der Waals surface area contributed by atoms with Crippen LogP contribution < -0.4 is 10.6 Å². The lowest BCUT2D eigenvalue weighted by atomic mass is 9.88. The lowest BCUT2D eigenvalue weighted by molar-refractivity contribution is 0.319. The number of nitrogens with zero attached hydrogens (tertiary/aromatic N) is 3. The van der Waals surface area contributed by atoms with Crippen molar-refractivity contribution in [1.82, 2.24) is 10.2 Å². The fraction of sp³-hybridized carbons (Fsp3) is 0.556. The van der Waals surface area contributed by atoms with Crippen LogP contribution in [0.1, 0.15) is 13.3 Å². The molecule has 0 atom stereocenters. The second-order valence-corrected chi connectivity index (χ2v) is 3.65. The zero-order valence-electron chi connectivity index (χ0n) is 7.77. The molecule has 1 aliphatic heterocycles. The number of aromatic nitrogens is 2. The summed E-state index contributed by atoms with van der Waals surface area (Å²) in [4.78, 5) is 2.15. The second-order valence-electron chi connectivity index (χ2n) is 3.65. The minimum absolute atomic E-state index is 0.00246. The Bertz CT molecular complexity index is 279. The average molecular weight is 178 g/mol. The van der Waals surface area contributed by atoms with Gasteiger partial charge in [-0.1, -0.05) is 6.92 Å². The highest BCUT2D eigenvalue weighted by Crippen LogP contribution is 2.25. The highest BCUT2D eigenvalue weighted by molar-refractivity contribution is 5.42. The van der Waals surface area contributed by atoms with Crippen LogP contribution in [0.25, 0.3) is 0 Å². The van der Waals surface area contributed by atoms with E-state index in [-0.39, 0.29) is 5.54 Å². The first-order valence-corrected chi connectivity index (χ1v) is 4.55. The minimum Gasteiger partial charge on any atom is -0.351 e. The lowest BCUT2D eigenvalue weighted by Gasteiger charge is -2.47. The molecule has 0 spiro atoms. The Morgan fingerprint density at radius 2 is 2.38 bits per heavy atom. The van der Waals surface area contributed by atoms with Gasteiger partial charge in [0.2, 0.25) is 0 Å². The van der Waals surface area contributed by atoms with E-state index >= 15 is 0 Å². The van der Waals surface area contributed by atoms with Gasteiger partial charge in [-0.15, -0.1) is 5.10 Å². The van der Waals surface area contributed by atoms with Gasteiger partial charge in [-0.3, -0.25) is 0 Å². The van der Waals surface area contributed by atoms with E-state index in [4.69, 9.17) is 5.73 Å². The Balaban J connectivity index is 2.01. The zero-order valence-corrected chi connectivity index (χ0v) is 7.77. The van der Waals surface area contributed by atoms with Crippen LogP contribution in [-0.2, 0) is 0 Å². The summed E-state index contributed by atoms with van der Waals surface area (Å²) in [6.07, 6.45) is 2.70. The molecule has 0 aromatic carbocycles. The first-order chi connectivity index (χ1) is 6.23. The van der Waals surface area contributed by atoms with Gasteiger partial charge in [0.1, 0.15) is 0 Å². The van der Waals surface area contributed by atoms with Gasteiger partial charge in [0.05, 0.1) is 5.54 Å². The van der Waals surface area contributed by atoms with Crippen LogP contribution in [0, 0.1) is 0 Å². The van der Waals surface area contributed by atoms with Crippen LogP contribution in [0.5, 0.6) is 0 Å². The molecule has 4 heteroatoms. The van der Waals surface area contributed by atoms with Crippen molar-refractivity contribution in [2.45, 2.75) is 18.9 Å². The lowest BCUT2D eigenvalue weighted by Crippen LogP contribution is -2.67. The number of hydrogen-bond donors (Lipinski definition) is 1. The van der Waals surface area contributed by atoms with E-state index in [9.17, 15) is 0 Å². The van der Waals surface area contributed by atoms with Crippen molar-refractivity contribution < 1.29 is 0 Å². The molecular weight excluding hydrogens is 164 g/mol. The first kappa shape index (κ1) is 8.44. The second kappa shape index (κ2) is 2.96. The largest absolute Gasteiger partial charge is 0.351 e. The summed E-state index contributed by atoms with van der Waals surface area (Å²) >= 11 is 0. The topological polar surface area (TPSA) is 55.0 Å². The molecule has 1 aliphatic rings. The Kier molecular flexibility index (Phi) is 1.92. The number of rotatable bonds is 2. The Hall–Kier alpha value is -1.16. The average Bonchev–Trinajstić information content (AvgIpc) is 2.14. The van der Waals surface area contributed by atoms with E-state index in [1.54, 1.807) is 6.20 Å². The molecule has 2 rings (SSSR count). The molecule has 0 amide bonds. The van der Waals surface area contributed by atoms with E-state index in [1.807, 2.05) is 12.1 Å². The van der Waals surface area contributed by atoms with E-state index in [2.05, 4.69) is 22.0 Å². The zero-order chi connectivity index (χ0) is 9.31. The van der Waals surface area contributed by atoms with Crippen molar-refractivity contribution in [2.75, 3.05) is 18.0 Å². The number of hydrogen-bond acceptors (Lipinski definition) is 4. The molecule has 0 unspecified atom stereocenters. The summed E-state index contributed by atoms with van der Waals surface area (Å²) in [5.74, 6) is 0.928. The first-order valence-electron chi connectivity index (χ1n) is 4.55. The standard InChI is InChI=1S/C9H14N4/c1-2-9(10)6-13(7-9)8-4-3-5-11-12-8/h3-5H,2,6-7,10H2,1H3. The predicted octanol–water partition coefficient (Wildman–Crippen LogP) is 0.404. The van der Waals surface area contributed by atoms with Crippen LogP contribution in [0.4, 0.5) is 5.82 Å². The van der Waals surface area contributed by atoms with Gasteiger partial charge < -0.3 is 10.6 Å². The Labute approximate surface area is 77.8 Å². The molecule has 2 heterocycles. The third-order valence-corrected chi connectivity index (χ3v) is 2.60. The van der Waals surface area contributed by atoms with Crippen molar-refractivity contribution in [3.8, 4) is 0 Å². The van der Waals surface area contributed by atoms with E-state index in [0.717, 1.165) is 25.3 Å². The van der Waals surface area contributed by atoms with Crippen LogP contribution in [0.15, 0.2) is 18.3 Å². The SMILES string of the molecule is CCC1(N)CN(c2cccnn2)C1. The summed E-state index contributed by atoms with van der Waals surface area (Å²) in [7, 11) is 0. The fourth-order valence-electron chi connectivity index (χ4n) is 1.56. The number of anilines is 1. The smallest absolute Gasteiger partial charge is 0.151 e. The van der Waals surface area contributed by atoms with Gasteiger partial charge >= 0.3 is 0 Å². The molecule has 2 N–H and O–H groups in total. The van der Waals surface area contributed by atoms with E-state index < -0.39 is 0 Å². The monoisotopic (exact) mass is 178 g/mol. The summed E-state index contributed by atoms with van der Waals surface area (Å²) < 4.78 is 0. The Morgan fingerprint density at radius 1 is 1.62 bits per heavy atom. The van der Waals surface area contributed by atoms with Gasteiger partial charge in [0.15, 0.2) is 5.82 Å². The predicted molar refractivity (Wildman–Crippen MR) is 51.5 cm³/mol. The molecule has 4 nitrogen and oxygen atoms in total. The number of nitrogens with two attached hydrogens (primary N) is 1. The third-order valence-electron chi connectivity index (χ3n) is 2.60. The normalized spacial score (nSPS) is 19.7. The molecule has 0 aliphatic carbocycles. The van der Waals surface area contributed by atoms with Gasteiger partial charge in [-0.2, -0.15) is 5.10 Å². The molecule has 1 fully saturated rings. The summed E-state index contributed by atoms with van der Waals surface area (Å²) in [5.41, 5.74) is 6.04. The van der Waals surface area contributed by atoms with Crippen molar-refractivity contribution >= 4 is 5.82 Å². The van der Waals surface area contributed by atoms with Crippen LogP contribution in [-0.4, -0.2) is 28.8 Å². The van der Waals surface area contributed by atoms with Gasteiger partial charge in [-0.25, -0.2) is 0 Å². The molecule has 0 saturated carbocycles. The van der Waals surface area contributed by atoms with Gasteiger partial charge in [0, 0.05) is 19.3 Å². The Morgan fingerprint density at radius 3 is 2.92 bits per heavy atom. The summed E-state index contributed by atoms with van der Waals surface area (Å²) in [6, 6.07) is 3.85. The summed E-state index contributed by atoms with van der Waals surface area (Å²) in [6.45, 7) is 3.90. The quantitative estimate of drug-likeness (QED) is 0.712. The maximum Gasteiger partial charge on any atom is 0.151 e. The molecule has 1 saturated heterocycles. The molecular formula is C9H14N4. The van der Waals surface area contributed by atoms with E-state index in [0.29, 0.717) is 0 Å². The van der Waals surface area contributed by atoms with Crippen molar-refractivity contribution in [3.05, 3.63) is 18.3 Å². The minimum atomic E-state index is -0.00246. The molecule has 0 bridgehead atoms. The van der Waals surface area contributed by atoms with Crippen molar-refractivity contribution in [1.29, 1.82) is 0 Å². The van der Waals surface area contributed by atoms with Crippen LogP contribution in [0.2, 0.25) is 0 Å². The van der Waals surface area contributed by atoms with Crippen molar-refractivity contribution in [3.63, 3.8) is 0 Å². The summed E-state index contributed by atoms with van der Waals surface area (Å²) in [5, 5.41) is 7.85.